The SMILES string of the molecule is CCCn1cc(CN2CCc3nc(-c4cccs4)ncc3C2)c(C)n1. The molecule has 1 aliphatic rings. The van der Waals surface area contributed by atoms with Crippen molar-refractivity contribution < 1.29 is 0 Å². The first-order valence-electron chi connectivity index (χ1n) is 8.87. The normalized spacial score (nSPS) is 14.6. The second kappa shape index (κ2) is 7.06. The van der Waals surface area contributed by atoms with Crippen LogP contribution in [0.4, 0.5) is 0 Å². The molecule has 3 aromatic rings. The molecule has 0 aromatic carbocycles. The Kier molecular flexibility index (Phi) is 4.63. The van der Waals surface area contributed by atoms with Gasteiger partial charge in [-0.25, -0.2) is 9.97 Å². The quantitative estimate of drug-likeness (QED) is 0.702. The van der Waals surface area contributed by atoms with Gasteiger partial charge < -0.3 is 0 Å². The van der Waals surface area contributed by atoms with Gasteiger partial charge in [0.2, 0.25) is 0 Å². The number of thiophene rings is 1. The summed E-state index contributed by atoms with van der Waals surface area (Å²) in [6.45, 7) is 8.17. The molecule has 4 rings (SSSR count). The van der Waals surface area contributed by atoms with Crippen LogP contribution in [0.5, 0.6) is 0 Å². The Labute approximate surface area is 152 Å². The van der Waals surface area contributed by atoms with E-state index >= 15 is 0 Å². The summed E-state index contributed by atoms with van der Waals surface area (Å²) in [6.07, 6.45) is 6.31. The van der Waals surface area contributed by atoms with Crippen molar-refractivity contribution in [3.63, 3.8) is 0 Å². The molecule has 0 saturated heterocycles. The molecule has 6 heteroatoms. The Bertz CT molecular complexity index is 853. The molecular weight excluding hydrogens is 330 g/mol. The first-order chi connectivity index (χ1) is 12.2. The zero-order valence-corrected chi connectivity index (χ0v) is 15.6. The number of aromatic nitrogens is 4. The van der Waals surface area contributed by atoms with Crippen molar-refractivity contribution in [2.75, 3.05) is 6.54 Å². The van der Waals surface area contributed by atoms with Crippen LogP contribution in [0, 0.1) is 6.92 Å². The lowest BCUT2D eigenvalue weighted by molar-refractivity contribution is 0.242. The molecule has 0 bridgehead atoms. The van der Waals surface area contributed by atoms with Crippen LogP contribution >= 0.6 is 11.3 Å². The molecule has 0 aliphatic carbocycles. The van der Waals surface area contributed by atoms with Gasteiger partial charge in [-0.2, -0.15) is 5.10 Å². The fourth-order valence-corrected chi connectivity index (χ4v) is 4.00. The van der Waals surface area contributed by atoms with Crippen molar-refractivity contribution in [3.8, 4) is 10.7 Å². The number of aryl methyl sites for hydroxylation is 2. The minimum atomic E-state index is 0.860. The van der Waals surface area contributed by atoms with Crippen LogP contribution in [-0.2, 0) is 26.1 Å². The third kappa shape index (κ3) is 3.50. The molecule has 130 valence electrons. The lowest BCUT2D eigenvalue weighted by Crippen LogP contribution is -2.31. The Morgan fingerprint density at radius 2 is 2.24 bits per heavy atom. The lowest BCUT2D eigenvalue weighted by Gasteiger charge is -2.27. The van der Waals surface area contributed by atoms with Crippen LogP contribution < -0.4 is 0 Å². The summed E-state index contributed by atoms with van der Waals surface area (Å²) in [4.78, 5) is 13.0. The highest BCUT2D eigenvalue weighted by molar-refractivity contribution is 7.13. The highest BCUT2D eigenvalue weighted by Gasteiger charge is 2.20. The van der Waals surface area contributed by atoms with E-state index < -0.39 is 0 Å². The largest absolute Gasteiger partial charge is 0.294 e. The number of rotatable bonds is 5. The standard InChI is InChI=1S/C19H23N5S/c1-3-7-24-13-16(14(2)22-24)12-23-8-6-17-15(11-23)10-20-19(21-17)18-5-4-9-25-18/h4-5,9-10,13H,3,6-8,11-12H2,1-2H3. The zero-order chi connectivity index (χ0) is 17.2. The summed E-state index contributed by atoms with van der Waals surface area (Å²) >= 11 is 1.69. The molecule has 0 spiro atoms. The second-order valence-electron chi connectivity index (χ2n) is 6.61. The highest BCUT2D eigenvalue weighted by atomic mass is 32.1. The summed E-state index contributed by atoms with van der Waals surface area (Å²) < 4.78 is 2.07. The molecule has 25 heavy (non-hydrogen) atoms. The maximum absolute atomic E-state index is 4.80. The van der Waals surface area contributed by atoms with Crippen LogP contribution in [-0.4, -0.2) is 31.2 Å². The summed E-state index contributed by atoms with van der Waals surface area (Å²) in [6, 6.07) is 4.13. The Balaban J connectivity index is 1.48. The summed E-state index contributed by atoms with van der Waals surface area (Å²) in [5, 5.41) is 6.69. The van der Waals surface area contributed by atoms with Gasteiger partial charge in [0.15, 0.2) is 5.82 Å². The van der Waals surface area contributed by atoms with Gasteiger partial charge in [-0.1, -0.05) is 13.0 Å². The molecule has 4 heterocycles. The van der Waals surface area contributed by atoms with E-state index in [0.29, 0.717) is 0 Å². The fraction of sp³-hybridized carbons (Fsp3) is 0.421. The molecule has 0 saturated carbocycles. The van der Waals surface area contributed by atoms with Crippen molar-refractivity contribution in [1.82, 2.24) is 24.6 Å². The summed E-state index contributed by atoms with van der Waals surface area (Å²) in [7, 11) is 0. The minimum absolute atomic E-state index is 0.860. The van der Waals surface area contributed by atoms with E-state index in [1.54, 1.807) is 11.3 Å². The van der Waals surface area contributed by atoms with Gasteiger partial charge in [0.05, 0.1) is 16.3 Å². The molecule has 0 radical (unpaired) electrons. The van der Waals surface area contributed by atoms with Gasteiger partial charge in [-0.3, -0.25) is 9.58 Å². The van der Waals surface area contributed by atoms with Gasteiger partial charge >= 0.3 is 0 Å². The predicted octanol–water partition coefficient (Wildman–Crippen LogP) is 3.68. The minimum Gasteiger partial charge on any atom is -0.294 e. The molecule has 0 unspecified atom stereocenters. The average Bonchev–Trinajstić information content (AvgIpc) is 3.25. The van der Waals surface area contributed by atoms with Gasteiger partial charge in [0.25, 0.3) is 0 Å². The first-order valence-corrected chi connectivity index (χ1v) is 9.75. The van der Waals surface area contributed by atoms with Crippen LogP contribution in [0.3, 0.4) is 0 Å². The van der Waals surface area contributed by atoms with E-state index in [0.717, 1.165) is 55.4 Å². The van der Waals surface area contributed by atoms with Crippen molar-refractivity contribution in [1.29, 1.82) is 0 Å². The Morgan fingerprint density at radius 3 is 3.04 bits per heavy atom. The smallest absolute Gasteiger partial charge is 0.169 e. The summed E-state index contributed by atoms with van der Waals surface area (Å²) in [5.74, 6) is 0.860. The van der Waals surface area contributed by atoms with E-state index in [-0.39, 0.29) is 0 Å². The van der Waals surface area contributed by atoms with Crippen LogP contribution in [0.2, 0.25) is 0 Å². The third-order valence-electron chi connectivity index (χ3n) is 4.65. The second-order valence-corrected chi connectivity index (χ2v) is 7.55. The molecule has 0 amide bonds. The van der Waals surface area contributed by atoms with Crippen molar-refractivity contribution in [2.24, 2.45) is 0 Å². The van der Waals surface area contributed by atoms with Crippen LogP contribution in [0.25, 0.3) is 10.7 Å². The van der Waals surface area contributed by atoms with E-state index in [9.17, 15) is 0 Å². The van der Waals surface area contributed by atoms with Gasteiger partial charge in [0.1, 0.15) is 0 Å². The maximum Gasteiger partial charge on any atom is 0.169 e. The summed E-state index contributed by atoms with van der Waals surface area (Å²) in [5.41, 5.74) is 4.93. The molecule has 0 atom stereocenters. The van der Waals surface area contributed by atoms with Gasteiger partial charge in [-0.15, -0.1) is 11.3 Å². The van der Waals surface area contributed by atoms with Gasteiger partial charge in [0, 0.05) is 56.1 Å². The van der Waals surface area contributed by atoms with E-state index in [1.807, 2.05) is 12.3 Å². The van der Waals surface area contributed by atoms with E-state index in [2.05, 4.69) is 51.2 Å². The lowest BCUT2D eigenvalue weighted by atomic mass is 10.1. The Morgan fingerprint density at radius 1 is 1.32 bits per heavy atom. The number of hydrogen-bond donors (Lipinski definition) is 0. The monoisotopic (exact) mass is 353 g/mol. The van der Waals surface area contributed by atoms with Crippen molar-refractivity contribution in [2.45, 2.75) is 46.3 Å². The Hall–Kier alpha value is -2.05. The molecule has 0 N–H and O–H groups in total. The zero-order valence-electron chi connectivity index (χ0n) is 14.8. The van der Waals surface area contributed by atoms with Crippen molar-refractivity contribution >= 4 is 11.3 Å². The molecule has 0 fully saturated rings. The molecule has 3 aromatic heterocycles. The molecule has 1 aliphatic heterocycles. The van der Waals surface area contributed by atoms with Crippen molar-refractivity contribution in [3.05, 3.63) is 52.4 Å². The molecule has 5 nitrogen and oxygen atoms in total. The number of nitrogens with zero attached hydrogens (tertiary/aromatic N) is 5. The highest BCUT2D eigenvalue weighted by Crippen LogP contribution is 2.25. The van der Waals surface area contributed by atoms with Gasteiger partial charge in [-0.05, 0) is 24.8 Å². The van der Waals surface area contributed by atoms with Crippen LogP contribution in [0.1, 0.15) is 35.9 Å². The number of hydrogen-bond acceptors (Lipinski definition) is 5. The fourth-order valence-electron chi connectivity index (χ4n) is 3.33. The predicted molar refractivity (Wildman–Crippen MR) is 100 cm³/mol. The average molecular weight is 353 g/mol. The van der Waals surface area contributed by atoms with E-state index in [1.165, 1.54) is 16.8 Å². The topological polar surface area (TPSA) is 46.8 Å². The number of fused-ring (bicyclic) bond motifs is 1. The molecular formula is C19H23N5S. The van der Waals surface area contributed by atoms with Crippen LogP contribution in [0.15, 0.2) is 29.9 Å². The first kappa shape index (κ1) is 16.4. The maximum atomic E-state index is 4.80. The third-order valence-corrected chi connectivity index (χ3v) is 5.52. The van der Waals surface area contributed by atoms with E-state index in [4.69, 9.17) is 4.98 Å².